The van der Waals surface area contributed by atoms with Crippen LogP contribution >= 0.6 is 12.4 Å². The molecule has 0 amide bonds. The Bertz CT molecular complexity index is 581. The molecule has 1 aliphatic rings. The van der Waals surface area contributed by atoms with Crippen molar-refractivity contribution in [2.24, 2.45) is 0 Å². The van der Waals surface area contributed by atoms with E-state index in [-0.39, 0.29) is 23.5 Å². The van der Waals surface area contributed by atoms with Crippen LogP contribution in [0, 0.1) is 0 Å². The number of benzene rings is 1. The third-order valence-electron chi connectivity index (χ3n) is 3.68. The molecule has 1 aromatic heterocycles. The van der Waals surface area contributed by atoms with Crippen LogP contribution in [-0.2, 0) is 12.0 Å². The van der Waals surface area contributed by atoms with E-state index in [0.717, 1.165) is 6.42 Å². The highest BCUT2D eigenvalue weighted by atomic mass is 35.5. The topological polar surface area (TPSA) is 27.8 Å². The second kappa shape index (κ2) is 4.01. The molecule has 0 saturated carbocycles. The predicted molar refractivity (Wildman–Crippen MR) is 79.5 cm³/mol. The molecule has 0 aliphatic carbocycles. The van der Waals surface area contributed by atoms with Gasteiger partial charge in [0.05, 0.1) is 0 Å². The monoisotopic (exact) mass is 264 g/mol. The van der Waals surface area contributed by atoms with Gasteiger partial charge in [-0.25, -0.2) is 0 Å². The van der Waals surface area contributed by atoms with E-state index in [2.05, 4.69) is 62.3 Å². The van der Waals surface area contributed by atoms with E-state index in [1.807, 2.05) is 0 Å². The van der Waals surface area contributed by atoms with Crippen LogP contribution in [0.15, 0.2) is 24.3 Å². The van der Waals surface area contributed by atoms with E-state index in [9.17, 15) is 0 Å². The van der Waals surface area contributed by atoms with Gasteiger partial charge >= 0.3 is 0 Å². The standard InChI is InChI=1S/C15H20N2.ClH/c1-14(2)9-12-13(15(3,4)17-14)10-7-5-6-8-11(10)16-12;/h5-8,16-17H,9H2,1-4H3;1H. The first kappa shape index (κ1) is 13.4. The lowest BCUT2D eigenvalue weighted by Crippen LogP contribution is -2.55. The predicted octanol–water partition coefficient (Wildman–Crippen LogP) is 3.75. The maximum Gasteiger partial charge on any atom is 0.0459 e. The molecule has 1 aliphatic heterocycles. The van der Waals surface area contributed by atoms with E-state index in [4.69, 9.17) is 0 Å². The summed E-state index contributed by atoms with van der Waals surface area (Å²) in [6.45, 7) is 9.08. The molecule has 2 N–H and O–H groups in total. The molecule has 3 heteroatoms. The van der Waals surface area contributed by atoms with Gasteiger partial charge < -0.3 is 10.3 Å². The lowest BCUT2D eigenvalue weighted by Gasteiger charge is -2.42. The summed E-state index contributed by atoms with van der Waals surface area (Å²) < 4.78 is 0. The van der Waals surface area contributed by atoms with Crippen molar-refractivity contribution in [2.45, 2.75) is 45.2 Å². The van der Waals surface area contributed by atoms with E-state index in [0.29, 0.717) is 0 Å². The molecule has 2 aromatic rings. The number of aromatic nitrogens is 1. The average Bonchev–Trinajstić information content (AvgIpc) is 2.51. The third kappa shape index (κ3) is 1.94. The highest BCUT2D eigenvalue weighted by Gasteiger charge is 2.38. The largest absolute Gasteiger partial charge is 0.358 e. The minimum absolute atomic E-state index is 0. The summed E-state index contributed by atoms with van der Waals surface area (Å²) in [5.74, 6) is 0. The summed E-state index contributed by atoms with van der Waals surface area (Å²) in [5.41, 5.74) is 4.26. The second-order valence-corrected chi connectivity index (χ2v) is 6.33. The maximum atomic E-state index is 3.75. The zero-order chi connectivity index (χ0) is 12.3. The van der Waals surface area contributed by atoms with Crippen molar-refractivity contribution in [1.29, 1.82) is 0 Å². The van der Waals surface area contributed by atoms with Gasteiger partial charge in [0, 0.05) is 39.7 Å². The van der Waals surface area contributed by atoms with E-state index >= 15 is 0 Å². The Morgan fingerprint density at radius 3 is 2.44 bits per heavy atom. The maximum absolute atomic E-state index is 3.75. The zero-order valence-electron chi connectivity index (χ0n) is 11.4. The van der Waals surface area contributed by atoms with Crippen LogP contribution in [0.5, 0.6) is 0 Å². The highest BCUT2D eigenvalue weighted by molar-refractivity contribution is 5.86. The van der Waals surface area contributed by atoms with Crippen LogP contribution in [0.3, 0.4) is 0 Å². The van der Waals surface area contributed by atoms with Crippen molar-refractivity contribution < 1.29 is 0 Å². The quantitative estimate of drug-likeness (QED) is 0.745. The molecule has 3 rings (SSSR count). The van der Waals surface area contributed by atoms with Crippen molar-refractivity contribution in [2.75, 3.05) is 0 Å². The van der Waals surface area contributed by atoms with Crippen LogP contribution < -0.4 is 5.32 Å². The van der Waals surface area contributed by atoms with Crippen LogP contribution in [0.4, 0.5) is 0 Å². The second-order valence-electron chi connectivity index (χ2n) is 6.33. The number of para-hydroxylation sites is 1. The molecule has 0 bridgehead atoms. The first-order valence-electron chi connectivity index (χ1n) is 6.28. The number of aromatic amines is 1. The summed E-state index contributed by atoms with van der Waals surface area (Å²) in [7, 11) is 0. The molecule has 0 atom stereocenters. The first-order chi connectivity index (χ1) is 7.89. The summed E-state index contributed by atoms with van der Waals surface area (Å²) in [6.07, 6.45) is 1.06. The third-order valence-corrected chi connectivity index (χ3v) is 3.68. The molecule has 18 heavy (non-hydrogen) atoms. The van der Waals surface area contributed by atoms with Crippen molar-refractivity contribution in [3.8, 4) is 0 Å². The smallest absolute Gasteiger partial charge is 0.0459 e. The van der Waals surface area contributed by atoms with E-state index in [1.54, 1.807) is 0 Å². The van der Waals surface area contributed by atoms with Gasteiger partial charge in [-0.2, -0.15) is 0 Å². The molecule has 98 valence electrons. The van der Waals surface area contributed by atoms with Gasteiger partial charge in [-0.3, -0.25) is 0 Å². The Morgan fingerprint density at radius 2 is 1.72 bits per heavy atom. The fraction of sp³-hybridized carbons (Fsp3) is 0.467. The number of rotatable bonds is 0. The summed E-state index contributed by atoms with van der Waals surface area (Å²) >= 11 is 0. The number of fused-ring (bicyclic) bond motifs is 3. The van der Waals surface area contributed by atoms with E-state index in [1.165, 1.54) is 22.2 Å². The molecule has 0 spiro atoms. The Hall–Kier alpha value is -0.990. The van der Waals surface area contributed by atoms with Crippen LogP contribution in [0.1, 0.15) is 39.0 Å². The molecule has 0 unspecified atom stereocenters. The Labute approximate surface area is 115 Å². The number of hydrogen-bond acceptors (Lipinski definition) is 1. The van der Waals surface area contributed by atoms with Crippen molar-refractivity contribution in [1.82, 2.24) is 10.3 Å². The van der Waals surface area contributed by atoms with Gasteiger partial charge in [0.25, 0.3) is 0 Å². The normalized spacial score (nSPS) is 20.2. The molecule has 0 fully saturated rings. The van der Waals surface area contributed by atoms with Crippen LogP contribution in [0.2, 0.25) is 0 Å². The SMILES string of the molecule is CC1(C)Cc2[nH]c3ccccc3c2C(C)(C)N1.Cl. The lowest BCUT2D eigenvalue weighted by molar-refractivity contribution is 0.242. The molecule has 2 nitrogen and oxygen atoms in total. The Balaban J connectivity index is 0.00000120. The van der Waals surface area contributed by atoms with Crippen LogP contribution in [0.25, 0.3) is 10.9 Å². The van der Waals surface area contributed by atoms with E-state index < -0.39 is 0 Å². The molecular formula is C15H21ClN2. The summed E-state index contributed by atoms with van der Waals surface area (Å²) in [6, 6.07) is 8.59. The Morgan fingerprint density at radius 1 is 1.06 bits per heavy atom. The minimum atomic E-state index is 0. The molecule has 0 radical (unpaired) electrons. The number of hydrogen-bond donors (Lipinski definition) is 2. The zero-order valence-corrected chi connectivity index (χ0v) is 12.2. The number of halogens is 1. The van der Waals surface area contributed by atoms with Gasteiger partial charge in [0.2, 0.25) is 0 Å². The molecule has 1 aromatic carbocycles. The van der Waals surface area contributed by atoms with Gasteiger partial charge in [-0.05, 0) is 33.8 Å². The van der Waals surface area contributed by atoms with Crippen LogP contribution in [-0.4, -0.2) is 10.5 Å². The number of nitrogens with one attached hydrogen (secondary N) is 2. The lowest BCUT2D eigenvalue weighted by atomic mass is 9.80. The first-order valence-corrected chi connectivity index (χ1v) is 6.28. The average molecular weight is 265 g/mol. The molecule has 0 saturated heterocycles. The fourth-order valence-electron chi connectivity index (χ4n) is 3.44. The van der Waals surface area contributed by atoms with Gasteiger partial charge in [0.1, 0.15) is 0 Å². The molecular weight excluding hydrogens is 244 g/mol. The number of H-pyrrole nitrogens is 1. The van der Waals surface area contributed by atoms with Gasteiger partial charge in [-0.15, -0.1) is 12.4 Å². The van der Waals surface area contributed by atoms with Crippen molar-refractivity contribution >= 4 is 23.3 Å². The summed E-state index contributed by atoms with van der Waals surface area (Å²) in [4.78, 5) is 3.59. The summed E-state index contributed by atoms with van der Waals surface area (Å²) in [5, 5.41) is 5.10. The Kier molecular flexibility index (Phi) is 2.99. The minimum Gasteiger partial charge on any atom is -0.358 e. The molecule has 2 heterocycles. The van der Waals surface area contributed by atoms with Gasteiger partial charge in [-0.1, -0.05) is 18.2 Å². The van der Waals surface area contributed by atoms with Gasteiger partial charge in [0.15, 0.2) is 0 Å². The fourth-order valence-corrected chi connectivity index (χ4v) is 3.44. The van der Waals surface area contributed by atoms with Crippen molar-refractivity contribution in [3.63, 3.8) is 0 Å². The van der Waals surface area contributed by atoms with Crippen molar-refractivity contribution in [3.05, 3.63) is 35.5 Å². The highest BCUT2D eigenvalue weighted by Crippen LogP contribution is 2.38.